The Morgan fingerprint density at radius 1 is 1.00 bits per heavy atom. The zero-order chi connectivity index (χ0) is 34.8. The fourth-order valence-corrected chi connectivity index (χ4v) is 8.13. The number of amides is 3. The first-order valence-electron chi connectivity index (χ1n) is 18.0. The Morgan fingerprint density at radius 3 is 2.42 bits per heavy atom. The van der Waals surface area contributed by atoms with Crippen molar-refractivity contribution in [3.63, 3.8) is 0 Å². The van der Waals surface area contributed by atoms with Gasteiger partial charge in [-0.15, -0.1) is 0 Å². The maximum Gasteiger partial charge on any atom is 0.407 e. The summed E-state index contributed by atoms with van der Waals surface area (Å²) >= 11 is 0. The second-order valence-corrected chi connectivity index (χ2v) is 14.8. The number of hydrogen-bond acceptors (Lipinski definition) is 9. The van der Waals surface area contributed by atoms with Gasteiger partial charge >= 0.3 is 13.7 Å². The maximum atomic E-state index is 13.9. The molecule has 0 saturated heterocycles. The molecule has 0 bridgehead atoms. The fourth-order valence-electron chi connectivity index (χ4n) is 6.37. The Kier molecular flexibility index (Phi) is 17.8. The van der Waals surface area contributed by atoms with Crippen LogP contribution in [-0.4, -0.2) is 78.8 Å². The van der Waals surface area contributed by atoms with E-state index >= 15 is 0 Å². The van der Waals surface area contributed by atoms with Crippen molar-refractivity contribution < 1.29 is 42.6 Å². The number of hydrogen-bond donors (Lipinski definition) is 3. The largest absolute Gasteiger partial charge is 0.491 e. The standard InChI is InChI=1S/C35H58N3O9P/c1-4-7-8-9-15-23-45-35(42)37-30(25-27-16-11-10-12-17-27)33(40)36-29(34(41)48(43,46-5-2)47-6-3)20-21-32(39)38-22-24-44-31-19-14-13-18-28(31)26-38/h13-14,18-19,27,29-30,34,41H,4-12,15-17,20-26H2,1-3H3,(H,36,40)(H,37,42)/t29-,30-,34?/m0/s1. The number of nitrogens with zero attached hydrogens (tertiary/aromatic N) is 1. The number of carbonyl (C=O) groups is 3. The Balaban J connectivity index is 1.74. The van der Waals surface area contributed by atoms with Gasteiger partial charge in [-0.3, -0.25) is 14.2 Å². The number of carbonyl (C=O) groups excluding carboxylic acids is 3. The van der Waals surface area contributed by atoms with Crippen LogP contribution in [0, 0.1) is 5.92 Å². The number of unbranched alkanes of at least 4 members (excludes halogenated alkanes) is 4. The van der Waals surface area contributed by atoms with Crippen molar-refractivity contribution in [1.29, 1.82) is 0 Å². The van der Waals surface area contributed by atoms with E-state index in [1.807, 2.05) is 24.3 Å². The minimum absolute atomic E-state index is 0.0112. The van der Waals surface area contributed by atoms with Gasteiger partial charge in [-0.2, -0.15) is 0 Å². The number of aliphatic hydroxyl groups is 1. The molecule has 12 nitrogen and oxygen atoms in total. The van der Waals surface area contributed by atoms with Crippen molar-refractivity contribution in [1.82, 2.24) is 15.5 Å². The van der Waals surface area contributed by atoms with E-state index in [1.54, 1.807) is 18.7 Å². The number of aliphatic hydroxyl groups excluding tert-OH is 1. The lowest BCUT2D eigenvalue weighted by Crippen LogP contribution is -2.53. The lowest BCUT2D eigenvalue weighted by atomic mass is 9.84. The number of benzene rings is 1. The van der Waals surface area contributed by atoms with Crippen LogP contribution in [0.15, 0.2) is 24.3 Å². The lowest BCUT2D eigenvalue weighted by Gasteiger charge is -2.32. The summed E-state index contributed by atoms with van der Waals surface area (Å²) in [5.74, 6) is -1.53. The molecule has 1 aromatic rings. The number of para-hydroxylation sites is 1. The molecule has 1 aliphatic carbocycles. The second-order valence-electron chi connectivity index (χ2n) is 12.7. The summed E-state index contributed by atoms with van der Waals surface area (Å²) in [6, 6.07) is 5.44. The predicted molar refractivity (Wildman–Crippen MR) is 184 cm³/mol. The summed E-state index contributed by atoms with van der Waals surface area (Å²) in [7, 11) is -4.10. The van der Waals surface area contributed by atoms with E-state index in [4.69, 9.17) is 18.5 Å². The average Bonchev–Trinajstić information content (AvgIpc) is 3.31. The molecule has 272 valence electrons. The van der Waals surface area contributed by atoms with E-state index in [0.717, 1.165) is 75.5 Å². The van der Waals surface area contributed by atoms with Gasteiger partial charge < -0.3 is 39.2 Å². The Morgan fingerprint density at radius 2 is 1.71 bits per heavy atom. The summed E-state index contributed by atoms with van der Waals surface area (Å²) in [6.45, 7) is 6.75. The molecule has 1 saturated carbocycles. The van der Waals surface area contributed by atoms with Crippen LogP contribution in [0.4, 0.5) is 4.79 Å². The van der Waals surface area contributed by atoms with Crippen LogP contribution in [0.1, 0.15) is 110 Å². The van der Waals surface area contributed by atoms with Gasteiger partial charge in [-0.25, -0.2) is 4.79 Å². The van der Waals surface area contributed by atoms with E-state index in [9.17, 15) is 24.1 Å². The summed E-state index contributed by atoms with van der Waals surface area (Å²) in [5.41, 5.74) is 0.884. The maximum absolute atomic E-state index is 13.9. The van der Waals surface area contributed by atoms with Crippen molar-refractivity contribution in [3.05, 3.63) is 29.8 Å². The van der Waals surface area contributed by atoms with E-state index in [2.05, 4.69) is 17.6 Å². The highest BCUT2D eigenvalue weighted by atomic mass is 31.2. The van der Waals surface area contributed by atoms with Crippen molar-refractivity contribution >= 4 is 25.5 Å². The minimum atomic E-state index is -4.10. The highest BCUT2D eigenvalue weighted by Crippen LogP contribution is 2.53. The first kappa shape index (κ1) is 39.8. The van der Waals surface area contributed by atoms with Gasteiger partial charge in [0.2, 0.25) is 11.8 Å². The van der Waals surface area contributed by atoms with E-state index in [0.29, 0.717) is 26.1 Å². The lowest BCUT2D eigenvalue weighted by molar-refractivity contribution is -0.133. The SMILES string of the molecule is CCCCCCCOC(=O)N[C@@H](CC1CCCCC1)C(=O)N[C@@H](CCC(=O)N1CCOc2ccccc2C1)C(O)P(=O)(OCC)OCC. The Bertz CT molecular complexity index is 1170. The van der Waals surface area contributed by atoms with Crippen molar-refractivity contribution in [2.75, 3.05) is 33.0 Å². The zero-order valence-corrected chi connectivity index (χ0v) is 30.1. The quantitative estimate of drug-likeness (QED) is 0.106. The third-order valence-electron chi connectivity index (χ3n) is 8.99. The summed E-state index contributed by atoms with van der Waals surface area (Å²) in [4.78, 5) is 41.9. The molecule has 3 amide bonds. The van der Waals surface area contributed by atoms with E-state index in [-0.39, 0.29) is 44.5 Å². The number of alkyl carbamates (subject to hydrolysis) is 1. The van der Waals surface area contributed by atoms with Gasteiger partial charge in [0, 0.05) is 18.5 Å². The second kappa shape index (κ2) is 21.4. The van der Waals surface area contributed by atoms with Crippen LogP contribution in [0.5, 0.6) is 5.75 Å². The molecule has 0 radical (unpaired) electrons. The van der Waals surface area contributed by atoms with Gasteiger partial charge in [-0.1, -0.05) is 82.9 Å². The van der Waals surface area contributed by atoms with E-state index in [1.165, 1.54) is 0 Å². The normalized spacial score (nSPS) is 17.3. The van der Waals surface area contributed by atoms with Gasteiger partial charge in [0.1, 0.15) is 18.4 Å². The molecule has 3 atom stereocenters. The number of ether oxygens (including phenoxy) is 2. The predicted octanol–water partition coefficient (Wildman–Crippen LogP) is 6.29. The molecule has 1 unspecified atom stereocenters. The van der Waals surface area contributed by atoms with Crippen LogP contribution < -0.4 is 15.4 Å². The van der Waals surface area contributed by atoms with Crippen molar-refractivity contribution in [2.24, 2.45) is 5.92 Å². The van der Waals surface area contributed by atoms with Gasteiger partial charge in [-0.05, 0) is 45.1 Å². The Hall–Kier alpha value is -2.66. The molecule has 13 heteroatoms. The molecular weight excluding hydrogens is 637 g/mol. The molecule has 3 N–H and O–H groups in total. The summed E-state index contributed by atoms with van der Waals surface area (Å²) in [6.07, 6.45) is 9.83. The fraction of sp³-hybridized carbons (Fsp3) is 0.743. The third kappa shape index (κ3) is 13.0. The first-order chi connectivity index (χ1) is 23.2. The highest BCUT2D eigenvalue weighted by molar-refractivity contribution is 7.54. The van der Waals surface area contributed by atoms with Crippen molar-refractivity contribution in [2.45, 2.75) is 129 Å². The van der Waals surface area contributed by atoms with Crippen LogP contribution >= 0.6 is 7.60 Å². The Labute approximate surface area is 286 Å². The highest BCUT2D eigenvalue weighted by Gasteiger charge is 2.42. The summed E-state index contributed by atoms with van der Waals surface area (Å²) in [5, 5.41) is 17.0. The molecule has 1 aromatic carbocycles. The molecule has 0 spiro atoms. The summed E-state index contributed by atoms with van der Waals surface area (Å²) < 4.78 is 35.8. The molecule has 0 aromatic heterocycles. The van der Waals surface area contributed by atoms with E-state index < -0.39 is 37.5 Å². The monoisotopic (exact) mass is 695 g/mol. The van der Waals surface area contributed by atoms with Crippen molar-refractivity contribution in [3.8, 4) is 5.75 Å². The zero-order valence-electron chi connectivity index (χ0n) is 29.2. The van der Waals surface area contributed by atoms with Crippen LogP contribution in [0.3, 0.4) is 0 Å². The smallest absolute Gasteiger partial charge is 0.407 e. The molecule has 2 aliphatic rings. The molecule has 48 heavy (non-hydrogen) atoms. The average molecular weight is 696 g/mol. The van der Waals surface area contributed by atoms with Crippen LogP contribution in [0.25, 0.3) is 0 Å². The van der Waals surface area contributed by atoms with Gasteiger partial charge in [0.15, 0.2) is 5.85 Å². The number of rotatable bonds is 20. The number of fused-ring (bicyclic) bond motifs is 1. The number of nitrogens with one attached hydrogen (secondary N) is 2. The van der Waals surface area contributed by atoms with Crippen LogP contribution in [0.2, 0.25) is 0 Å². The third-order valence-corrected chi connectivity index (χ3v) is 11.2. The molecular formula is C35H58N3O9P. The topological polar surface area (TPSA) is 153 Å². The molecule has 1 heterocycles. The molecule has 1 fully saturated rings. The molecule has 3 rings (SSSR count). The van der Waals surface area contributed by atoms with Gasteiger partial charge in [0.05, 0.1) is 32.4 Å². The minimum Gasteiger partial charge on any atom is -0.491 e. The molecule has 1 aliphatic heterocycles. The van der Waals surface area contributed by atoms with Gasteiger partial charge in [0.25, 0.3) is 0 Å². The van der Waals surface area contributed by atoms with Crippen LogP contribution in [-0.2, 0) is 34.5 Å². The first-order valence-corrected chi connectivity index (χ1v) is 19.6.